The van der Waals surface area contributed by atoms with Crippen LogP contribution >= 0.6 is 0 Å². The summed E-state index contributed by atoms with van der Waals surface area (Å²) >= 11 is 0. The highest BCUT2D eigenvalue weighted by atomic mass is 16.6. The normalized spacial score (nSPS) is 23.8. The number of nitrogens with zero attached hydrogens (tertiary/aromatic N) is 1. The summed E-state index contributed by atoms with van der Waals surface area (Å²) < 4.78 is 11.4. The van der Waals surface area contributed by atoms with Gasteiger partial charge < -0.3 is 15.2 Å². The van der Waals surface area contributed by atoms with Crippen molar-refractivity contribution in [3.63, 3.8) is 0 Å². The van der Waals surface area contributed by atoms with E-state index in [-0.39, 0.29) is 0 Å². The van der Waals surface area contributed by atoms with E-state index in [0.29, 0.717) is 31.7 Å². The number of ether oxygens (including phenoxy) is 2. The van der Waals surface area contributed by atoms with Crippen molar-refractivity contribution in [3.05, 3.63) is 23.3 Å². The Morgan fingerprint density at radius 2 is 2.00 bits per heavy atom. The maximum Gasteiger partial charge on any atom is 0.161 e. The van der Waals surface area contributed by atoms with Crippen LogP contribution in [-0.4, -0.2) is 38.3 Å². The van der Waals surface area contributed by atoms with Crippen LogP contribution in [0.4, 0.5) is 0 Å². The van der Waals surface area contributed by atoms with Crippen molar-refractivity contribution in [1.29, 1.82) is 0 Å². The maximum atomic E-state index is 5.88. The Balaban J connectivity index is 2.04. The summed E-state index contributed by atoms with van der Waals surface area (Å²) in [5.41, 5.74) is 8.62. The van der Waals surface area contributed by atoms with Crippen LogP contribution in [0.2, 0.25) is 0 Å². The first-order valence-corrected chi connectivity index (χ1v) is 7.03. The minimum atomic E-state index is 0.379. The van der Waals surface area contributed by atoms with Gasteiger partial charge in [0.15, 0.2) is 11.5 Å². The van der Waals surface area contributed by atoms with E-state index in [1.165, 1.54) is 11.1 Å². The van der Waals surface area contributed by atoms with Crippen molar-refractivity contribution in [1.82, 2.24) is 4.90 Å². The zero-order valence-corrected chi connectivity index (χ0v) is 11.7. The summed E-state index contributed by atoms with van der Waals surface area (Å²) in [5.74, 6) is 2.22. The van der Waals surface area contributed by atoms with Gasteiger partial charge in [0.1, 0.15) is 13.2 Å². The Hall–Kier alpha value is -1.26. The van der Waals surface area contributed by atoms with Crippen LogP contribution in [-0.2, 0) is 6.42 Å². The van der Waals surface area contributed by atoms with Gasteiger partial charge in [0.25, 0.3) is 0 Å². The Morgan fingerprint density at radius 3 is 2.68 bits per heavy atom. The summed E-state index contributed by atoms with van der Waals surface area (Å²) in [6, 6.07) is 4.70. The molecule has 2 aliphatic rings. The maximum absolute atomic E-state index is 5.88. The van der Waals surface area contributed by atoms with Crippen molar-refractivity contribution < 1.29 is 9.47 Å². The molecule has 2 unspecified atom stereocenters. The second-order valence-corrected chi connectivity index (χ2v) is 5.58. The molecular formula is C15H22N2O2. The van der Waals surface area contributed by atoms with E-state index in [1.807, 2.05) is 0 Å². The van der Waals surface area contributed by atoms with Crippen molar-refractivity contribution in [2.24, 2.45) is 11.7 Å². The molecule has 1 aromatic rings. The van der Waals surface area contributed by atoms with E-state index in [4.69, 9.17) is 15.2 Å². The van der Waals surface area contributed by atoms with Gasteiger partial charge in [-0.3, -0.25) is 4.90 Å². The van der Waals surface area contributed by atoms with Crippen molar-refractivity contribution in [3.8, 4) is 11.5 Å². The fourth-order valence-electron chi connectivity index (χ4n) is 3.18. The molecule has 4 nitrogen and oxygen atoms in total. The molecule has 0 amide bonds. The van der Waals surface area contributed by atoms with Gasteiger partial charge >= 0.3 is 0 Å². The SMILES string of the molecule is CC(CN)C1c2cc3c(cc2CCN1C)OCCO3. The van der Waals surface area contributed by atoms with E-state index in [0.717, 1.165) is 24.5 Å². The van der Waals surface area contributed by atoms with Gasteiger partial charge in [-0.25, -0.2) is 0 Å². The first kappa shape index (κ1) is 12.8. The van der Waals surface area contributed by atoms with Crippen LogP contribution in [0.15, 0.2) is 12.1 Å². The molecule has 0 aromatic heterocycles. The van der Waals surface area contributed by atoms with E-state index in [1.54, 1.807) is 0 Å². The molecule has 0 aliphatic carbocycles. The molecule has 0 saturated carbocycles. The Morgan fingerprint density at radius 1 is 1.32 bits per heavy atom. The predicted octanol–water partition coefficient (Wildman–Crippen LogP) is 1.58. The lowest BCUT2D eigenvalue weighted by molar-refractivity contribution is 0.161. The van der Waals surface area contributed by atoms with E-state index in [9.17, 15) is 0 Å². The Bertz CT molecular complexity index is 475. The van der Waals surface area contributed by atoms with Crippen LogP contribution < -0.4 is 15.2 Å². The quantitative estimate of drug-likeness (QED) is 0.879. The van der Waals surface area contributed by atoms with Crippen LogP contribution in [0.3, 0.4) is 0 Å². The zero-order chi connectivity index (χ0) is 13.4. The van der Waals surface area contributed by atoms with Crippen LogP contribution in [0, 0.1) is 5.92 Å². The number of fused-ring (bicyclic) bond motifs is 2. The predicted molar refractivity (Wildman–Crippen MR) is 74.7 cm³/mol. The standard InChI is InChI=1S/C15H22N2O2/c1-10(9-16)15-12-8-14-13(18-5-6-19-14)7-11(12)3-4-17(15)2/h7-8,10,15H,3-6,9,16H2,1-2H3. The number of nitrogens with two attached hydrogens (primary N) is 1. The first-order chi connectivity index (χ1) is 9.20. The zero-order valence-electron chi connectivity index (χ0n) is 11.7. The number of benzene rings is 1. The molecule has 2 N–H and O–H groups in total. The molecule has 2 heterocycles. The van der Waals surface area contributed by atoms with Gasteiger partial charge in [0.05, 0.1) is 0 Å². The third-order valence-corrected chi connectivity index (χ3v) is 4.24. The third-order valence-electron chi connectivity index (χ3n) is 4.24. The highest BCUT2D eigenvalue weighted by Gasteiger charge is 2.30. The molecule has 0 saturated heterocycles. The molecule has 0 fully saturated rings. The molecule has 2 aliphatic heterocycles. The van der Waals surface area contributed by atoms with Crippen molar-refractivity contribution in [2.75, 3.05) is 33.4 Å². The van der Waals surface area contributed by atoms with Gasteiger partial charge in [-0.05, 0) is 49.2 Å². The minimum Gasteiger partial charge on any atom is -0.486 e. The molecule has 4 heteroatoms. The van der Waals surface area contributed by atoms with Gasteiger partial charge in [-0.15, -0.1) is 0 Å². The Kier molecular flexibility index (Phi) is 3.37. The van der Waals surface area contributed by atoms with E-state index in [2.05, 4.69) is 31.0 Å². The highest BCUT2D eigenvalue weighted by Crippen LogP contribution is 2.41. The fraction of sp³-hybridized carbons (Fsp3) is 0.600. The van der Waals surface area contributed by atoms with E-state index < -0.39 is 0 Å². The third kappa shape index (κ3) is 2.19. The second kappa shape index (κ2) is 5.02. The fourth-order valence-corrected chi connectivity index (χ4v) is 3.18. The van der Waals surface area contributed by atoms with Gasteiger partial charge in [-0.1, -0.05) is 6.92 Å². The molecule has 104 valence electrons. The summed E-state index contributed by atoms with van der Waals surface area (Å²) in [7, 11) is 2.18. The molecule has 0 radical (unpaired) electrons. The molecule has 3 rings (SSSR count). The molecule has 19 heavy (non-hydrogen) atoms. The summed E-state index contributed by atoms with van der Waals surface area (Å²) in [4.78, 5) is 2.40. The largest absolute Gasteiger partial charge is 0.486 e. The van der Waals surface area contributed by atoms with Crippen molar-refractivity contribution >= 4 is 0 Å². The minimum absolute atomic E-state index is 0.379. The topological polar surface area (TPSA) is 47.7 Å². The number of likely N-dealkylation sites (N-methyl/N-ethyl adjacent to an activating group) is 1. The van der Waals surface area contributed by atoms with Crippen LogP contribution in [0.1, 0.15) is 24.1 Å². The first-order valence-electron chi connectivity index (χ1n) is 7.03. The molecule has 0 bridgehead atoms. The molecule has 2 atom stereocenters. The van der Waals surface area contributed by atoms with Crippen LogP contribution in [0.5, 0.6) is 11.5 Å². The van der Waals surface area contributed by atoms with E-state index >= 15 is 0 Å². The van der Waals surface area contributed by atoms with Crippen LogP contribution in [0.25, 0.3) is 0 Å². The lowest BCUT2D eigenvalue weighted by atomic mass is 9.85. The number of hydrogen-bond acceptors (Lipinski definition) is 4. The smallest absolute Gasteiger partial charge is 0.161 e. The summed E-state index contributed by atoms with van der Waals surface area (Å²) in [6.07, 6.45) is 1.07. The monoisotopic (exact) mass is 262 g/mol. The molecular weight excluding hydrogens is 240 g/mol. The number of rotatable bonds is 2. The van der Waals surface area contributed by atoms with Gasteiger partial charge in [-0.2, -0.15) is 0 Å². The number of hydrogen-bond donors (Lipinski definition) is 1. The lowest BCUT2D eigenvalue weighted by Gasteiger charge is -2.38. The second-order valence-electron chi connectivity index (χ2n) is 5.58. The molecule has 0 spiro atoms. The average molecular weight is 262 g/mol. The average Bonchev–Trinajstić information content (AvgIpc) is 2.44. The lowest BCUT2D eigenvalue weighted by Crippen LogP contribution is -2.38. The van der Waals surface area contributed by atoms with Gasteiger partial charge in [0, 0.05) is 12.6 Å². The van der Waals surface area contributed by atoms with Gasteiger partial charge in [0.2, 0.25) is 0 Å². The summed E-state index contributed by atoms with van der Waals surface area (Å²) in [5, 5.41) is 0. The highest BCUT2D eigenvalue weighted by molar-refractivity contribution is 5.50. The Labute approximate surface area is 114 Å². The summed E-state index contributed by atoms with van der Waals surface area (Å²) in [6.45, 7) is 5.27. The molecule has 1 aromatic carbocycles. The van der Waals surface area contributed by atoms with Crippen molar-refractivity contribution in [2.45, 2.75) is 19.4 Å².